The maximum Gasteiger partial charge on any atom is 0.335 e. The molecule has 2 atom stereocenters. The van der Waals surface area contributed by atoms with Gasteiger partial charge in [-0.05, 0) is 53.6 Å². The van der Waals surface area contributed by atoms with Crippen LogP contribution in [0.2, 0.25) is 0 Å². The fraction of sp³-hybridized carbons (Fsp3) is 0.240. The number of amides is 2. The molecule has 4 rings (SSSR count). The average molecular weight is 528 g/mol. The van der Waals surface area contributed by atoms with Crippen LogP contribution in [0.1, 0.15) is 16.8 Å². The minimum atomic E-state index is -3.99. The van der Waals surface area contributed by atoms with Crippen molar-refractivity contribution in [3.63, 3.8) is 0 Å². The second-order valence-corrected chi connectivity index (χ2v) is 11.1. The Bertz CT molecular complexity index is 1430. The first-order chi connectivity index (χ1) is 17.1. The molecule has 36 heavy (non-hydrogen) atoms. The normalized spacial score (nSPS) is 18.2. The Morgan fingerprint density at radius 3 is 2.39 bits per heavy atom. The van der Waals surface area contributed by atoms with E-state index in [0.29, 0.717) is 5.69 Å². The van der Waals surface area contributed by atoms with E-state index in [9.17, 15) is 22.8 Å². The number of carbonyl (C=O) groups excluding carboxylic acids is 2. The van der Waals surface area contributed by atoms with E-state index in [1.165, 1.54) is 42.3 Å². The molecule has 1 fully saturated rings. The molecule has 0 aromatic heterocycles. The third-order valence-corrected chi connectivity index (χ3v) is 8.40. The van der Waals surface area contributed by atoms with Crippen molar-refractivity contribution < 1.29 is 27.9 Å². The highest BCUT2D eigenvalue weighted by Crippen LogP contribution is 2.30. The summed E-state index contributed by atoms with van der Waals surface area (Å²) in [5, 5.41) is 12.9. The van der Waals surface area contributed by atoms with E-state index < -0.39 is 33.8 Å². The number of carboxylic acid groups (broad SMARTS) is 1. The number of hydrogen-bond donors (Lipinski definition) is 3. The van der Waals surface area contributed by atoms with Crippen molar-refractivity contribution >= 4 is 56.9 Å². The molecular formula is C25H25N3O6S2. The number of nitrogens with zero attached hydrogens (tertiary/aromatic N) is 2. The van der Waals surface area contributed by atoms with Crippen LogP contribution in [0.15, 0.2) is 71.6 Å². The standard InChI is InChI=1S/C25H25N3O6S2/c1-27(19-9-6-17(7-10-19)25(31)32)23(29)14-26-24(30)22-13-20(35)15-28(22)36(33,34)21-11-8-16-4-2-3-5-18(16)12-21/h2-12,20,22,35H,13-15H2,1H3,(H,26,30)(H,31,32)/t20-,22+/m1/s1. The van der Waals surface area contributed by atoms with Crippen LogP contribution in [0.5, 0.6) is 0 Å². The van der Waals surface area contributed by atoms with E-state index in [4.69, 9.17) is 5.11 Å². The van der Waals surface area contributed by atoms with Crippen molar-refractivity contribution in [2.24, 2.45) is 0 Å². The first-order valence-electron chi connectivity index (χ1n) is 11.1. The number of rotatable bonds is 7. The summed E-state index contributed by atoms with van der Waals surface area (Å²) in [7, 11) is -2.49. The van der Waals surface area contributed by atoms with Gasteiger partial charge >= 0.3 is 5.97 Å². The number of aromatic carboxylic acids is 1. The molecule has 1 saturated heterocycles. The third-order valence-electron chi connectivity index (χ3n) is 6.15. The summed E-state index contributed by atoms with van der Waals surface area (Å²) in [5.74, 6) is -2.11. The molecule has 0 spiro atoms. The van der Waals surface area contributed by atoms with Gasteiger partial charge in [-0.3, -0.25) is 9.59 Å². The zero-order valence-corrected chi connectivity index (χ0v) is 21.1. The van der Waals surface area contributed by atoms with E-state index in [1.54, 1.807) is 12.1 Å². The summed E-state index contributed by atoms with van der Waals surface area (Å²) in [4.78, 5) is 38.0. The predicted octanol–water partition coefficient (Wildman–Crippen LogP) is 2.38. The molecule has 0 radical (unpaired) electrons. The van der Waals surface area contributed by atoms with Gasteiger partial charge < -0.3 is 15.3 Å². The summed E-state index contributed by atoms with van der Waals surface area (Å²) >= 11 is 4.42. The number of hydrogen-bond acceptors (Lipinski definition) is 6. The molecule has 0 bridgehead atoms. The highest BCUT2D eigenvalue weighted by molar-refractivity contribution is 7.89. The van der Waals surface area contributed by atoms with Gasteiger partial charge in [0.15, 0.2) is 0 Å². The number of nitrogens with one attached hydrogen (secondary N) is 1. The molecule has 0 saturated carbocycles. The Morgan fingerprint density at radius 2 is 1.72 bits per heavy atom. The van der Waals surface area contributed by atoms with Crippen LogP contribution in [0.3, 0.4) is 0 Å². The molecule has 0 aliphatic carbocycles. The van der Waals surface area contributed by atoms with Gasteiger partial charge in [0.05, 0.1) is 17.0 Å². The molecule has 1 heterocycles. The molecule has 3 aromatic rings. The second-order valence-electron chi connectivity index (χ2n) is 8.51. The van der Waals surface area contributed by atoms with Crippen molar-refractivity contribution in [3.05, 3.63) is 72.3 Å². The summed E-state index contributed by atoms with van der Waals surface area (Å²) in [6, 6.07) is 17.0. The first-order valence-corrected chi connectivity index (χ1v) is 13.1. The van der Waals surface area contributed by atoms with Crippen LogP contribution in [0, 0.1) is 0 Å². The van der Waals surface area contributed by atoms with Gasteiger partial charge in [-0.1, -0.05) is 30.3 Å². The largest absolute Gasteiger partial charge is 0.478 e. The van der Waals surface area contributed by atoms with Gasteiger partial charge in [-0.15, -0.1) is 0 Å². The van der Waals surface area contributed by atoms with E-state index >= 15 is 0 Å². The number of anilines is 1. The van der Waals surface area contributed by atoms with Crippen molar-refractivity contribution in [2.45, 2.75) is 22.6 Å². The minimum Gasteiger partial charge on any atom is -0.478 e. The van der Waals surface area contributed by atoms with E-state index in [1.807, 2.05) is 24.3 Å². The van der Waals surface area contributed by atoms with Crippen molar-refractivity contribution in [1.29, 1.82) is 0 Å². The van der Waals surface area contributed by atoms with Gasteiger partial charge in [0.1, 0.15) is 6.04 Å². The number of sulfonamides is 1. The zero-order valence-electron chi connectivity index (χ0n) is 19.4. The fourth-order valence-corrected chi connectivity index (χ4v) is 6.29. The predicted molar refractivity (Wildman–Crippen MR) is 139 cm³/mol. The van der Waals surface area contributed by atoms with Crippen molar-refractivity contribution in [2.75, 3.05) is 25.0 Å². The van der Waals surface area contributed by atoms with Crippen LogP contribution >= 0.6 is 12.6 Å². The Morgan fingerprint density at radius 1 is 1.06 bits per heavy atom. The molecule has 0 unspecified atom stereocenters. The van der Waals surface area contributed by atoms with Crippen LogP contribution in [-0.4, -0.2) is 67.0 Å². The first kappa shape index (κ1) is 25.7. The monoisotopic (exact) mass is 527 g/mol. The molecule has 3 aromatic carbocycles. The summed E-state index contributed by atoms with van der Waals surface area (Å²) in [6.45, 7) is -0.284. The lowest BCUT2D eigenvalue weighted by Gasteiger charge is -2.24. The molecule has 1 aliphatic heterocycles. The van der Waals surface area contributed by atoms with Crippen LogP contribution < -0.4 is 10.2 Å². The van der Waals surface area contributed by atoms with E-state index in [-0.39, 0.29) is 35.2 Å². The summed E-state index contributed by atoms with van der Waals surface area (Å²) < 4.78 is 28.0. The summed E-state index contributed by atoms with van der Waals surface area (Å²) in [6.07, 6.45) is 0.211. The lowest BCUT2D eigenvalue weighted by Crippen LogP contribution is -2.48. The molecule has 1 aliphatic rings. The fourth-order valence-electron chi connectivity index (χ4n) is 4.12. The van der Waals surface area contributed by atoms with Gasteiger partial charge in [0.2, 0.25) is 21.8 Å². The van der Waals surface area contributed by atoms with E-state index in [2.05, 4.69) is 17.9 Å². The Labute approximate surface area is 214 Å². The summed E-state index contributed by atoms with van der Waals surface area (Å²) in [5.41, 5.74) is 0.541. The Hall–Kier alpha value is -3.41. The highest BCUT2D eigenvalue weighted by atomic mass is 32.2. The molecule has 9 nitrogen and oxygen atoms in total. The topological polar surface area (TPSA) is 124 Å². The lowest BCUT2D eigenvalue weighted by molar-refractivity contribution is -0.127. The molecule has 11 heteroatoms. The number of carbonyl (C=O) groups is 3. The number of benzene rings is 3. The van der Waals surface area contributed by atoms with Gasteiger partial charge in [0, 0.05) is 24.5 Å². The van der Waals surface area contributed by atoms with Gasteiger partial charge in [-0.25, -0.2) is 13.2 Å². The Balaban J connectivity index is 1.46. The SMILES string of the molecule is CN(C(=O)CNC(=O)[C@@H]1C[C@@H](S)CN1S(=O)(=O)c1ccc2ccccc2c1)c1ccc(C(=O)O)cc1. The quantitative estimate of drug-likeness (QED) is 0.406. The molecule has 2 N–H and O–H groups in total. The number of carboxylic acids is 1. The van der Waals surface area contributed by atoms with Gasteiger partial charge in [-0.2, -0.15) is 16.9 Å². The lowest BCUT2D eigenvalue weighted by atomic mass is 10.1. The second kappa shape index (κ2) is 10.3. The van der Waals surface area contributed by atoms with Gasteiger partial charge in [0.25, 0.3) is 0 Å². The smallest absolute Gasteiger partial charge is 0.335 e. The highest BCUT2D eigenvalue weighted by Gasteiger charge is 2.43. The number of thiol groups is 1. The minimum absolute atomic E-state index is 0.0696. The van der Waals surface area contributed by atoms with Crippen LogP contribution in [-0.2, 0) is 19.6 Å². The van der Waals surface area contributed by atoms with E-state index in [0.717, 1.165) is 15.1 Å². The van der Waals surface area contributed by atoms with Crippen molar-refractivity contribution in [1.82, 2.24) is 9.62 Å². The molecule has 188 valence electrons. The number of fused-ring (bicyclic) bond motifs is 1. The Kier molecular flexibility index (Phi) is 7.34. The van der Waals surface area contributed by atoms with Crippen LogP contribution in [0.25, 0.3) is 10.8 Å². The maximum absolute atomic E-state index is 13.4. The maximum atomic E-state index is 13.4. The zero-order chi connectivity index (χ0) is 26.0. The number of likely N-dealkylation sites (N-methyl/N-ethyl adjacent to an activating group) is 1. The van der Waals surface area contributed by atoms with Crippen molar-refractivity contribution in [3.8, 4) is 0 Å². The molecule has 2 amide bonds. The van der Waals surface area contributed by atoms with Crippen LogP contribution in [0.4, 0.5) is 5.69 Å². The average Bonchev–Trinajstić information content (AvgIpc) is 3.29. The molecular weight excluding hydrogens is 502 g/mol. The third kappa shape index (κ3) is 5.23.